The quantitative estimate of drug-likeness (QED) is 0.305. The summed E-state index contributed by atoms with van der Waals surface area (Å²) in [6, 6.07) is 11.9. The molecule has 0 radical (unpaired) electrons. The van der Waals surface area contributed by atoms with Crippen LogP contribution in [0.4, 0.5) is 0 Å². The van der Waals surface area contributed by atoms with Crippen LogP contribution in [0.1, 0.15) is 25.7 Å². The van der Waals surface area contributed by atoms with Crippen molar-refractivity contribution in [2.24, 2.45) is 0 Å². The molecule has 0 aliphatic heterocycles. The molecule has 9 heteroatoms. The van der Waals surface area contributed by atoms with E-state index in [4.69, 9.17) is 14.0 Å². The number of carbonyl (C=O) groups excluding carboxylic acids is 1. The van der Waals surface area contributed by atoms with Crippen LogP contribution >= 0.6 is 0 Å². The molecule has 32 heavy (non-hydrogen) atoms. The molecule has 0 saturated carbocycles. The molecule has 0 saturated heterocycles. The van der Waals surface area contributed by atoms with Crippen molar-refractivity contribution in [1.82, 2.24) is 9.71 Å². The van der Waals surface area contributed by atoms with Gasteiger partial charge in [0.2, 0.25) is 17.7 Å². The highest BCUT2D eigenvalue weighted by Gasteiger charge is 2.13. The number of fused-ring (bicyclic) bond motifs is 1. The van der Waals surface area contributed by atoms with E-state index in [1.165, 1.54) is 12.1 Å². The third-order valence-electron chi connectivity index (χ3n) is 5.02. The van der Waals surface area contributed by atoms with E-state index in [0.717, 1.165) is 36.2 Å². The van der Waals surface area contributed by atoms with Crippen molar-refractivity contribution in [2.75, 3.05) is 7.11 Å². The number of hydrogen-bond acceptors (Lipinski definition) is 7. The highest BCUT2D eigenvalue weighted by molar-refractivity contribution is 5.77. The summed E-state index contributed by atoms with van der Waals surface area (Å²) in [5.41, 5.74) is 2.34. The van der Waals surface area contributed by atoms with Crippen LogP contribution in [0, 0.1) is 0 Å². The SMILES string of the molecule is COc1ccc2nc(-c3cc[n+](CCCCCC(=O)On4c(O)ccc4O)cc3)oc2c1. The van der Waals surface area contributed by atoms with Crippen LogP contribution in [-0.2, 0) is 11.3 Å². The first-order chi connectivity index (χ1) is 15.5. The fourth-order valence-corrected chi connectivity index (χ4v) is 3.29. The van der Waals surface area contributed by atoms with Gasteiger partial charge in [-0.15, -0.1) is 4.73 Å². The second kappa shape index (κ2) is 9.42. The molecule has 2 N–H and O–H groups in total. The van der Waals surface area contributed by atoms with Crippen LogP contribution in [0.3, 0.4) is 0 Å². The number of ether oxygens (including phenoxy) is 1. The maximum absolute atomic E-state index is 11.8. The Morgan fingerprint density at radius 3 is 2.53 bits per heavy atom. The van der Waals surface area contributed by atoms with Crippen LogP contribution in [0.15, 0.2) is 59.3 Å². The molecule has 4 aromatic rings. The summed E-state index contributed by atoms with van der Waals surface area (Å²) in [6.45, 7) is 0.805. The Labute approximate surface area is 184 Å². The second-order valence-electron chi connectivity index (χ2n) is 7.30. The van der Waals surface area contributed by atoms with E-state index in [0.29, 0.717) is 22.6 Å². The number of hydrogen-bond donors (Lipinski definition) is 2. The van der Waals surface area contributed by atoms with Gasteiger partial charge in [0.15, 0.2) is 18.0 Å². The zero-order valence-corrected chi connectivity index (χ0v) is 17.6. The summed E-state index contributed by atoms with van der Waals surface area (Å²) < 4.78 is 13.8. The predicted octanol–water partition coefficient (Wildman–Crippen LogP) is 3.22. The van der Waals surface area contributed by atoms with Gasteiger partial charge in [0.1, 0.15) is 17.8 Å². The summed E-state index contributed by atoms with van der Waals surface area (Å²) in [5.74, 6) is 0.111. The van der Waals surface area contributed by atoms with Gasteiger partial charge in [0, 0.05) is 48.7 Å². The van der Waals surface area contributed by atoms with Crippen molar-refractivity contribution < 1.29 is 33.6 Å². The normalized spacial score (nSPS) is 11.0. The minimum atomic E-state index is -0.514. The third kappa shape index (κ3) is 4.83. The fourth-order valence-electron chi connectivity index (χ4n) is 3.29. The van der Waals surface area contributed by atoms with Crippen LogP contribution in [-0.4, -0.2) is 33.0 Å². The number of aromatic nitrogens is 3. The second-order valence-corrected chi connectivity index (χ2v) is 7.30. The molecule has 0 fully saturated rings. The van der Waals surface area contributed by atoms with Gasteiger partial charge in [-0.1, -0.05) is 0 Å². The van der Waals surface area contributed by atoms with Crippen LogP contribution in [0.5, 0.6) is 17.5 Å². The molecule has 0 amide bonds. The van der Waals surface area contributed by atoms with Gasteiger partial charge in [-0.2, -0.15) is 0 Å². The minimum absolute atomic E-state index is 0.198. The molecule has 3 heterocycles. The lowest BCUT2D eigenvalue weighted by atomic mass is 10.2. The van der Waals surface area contributed by atoms with Gasteiger partial charge in [-0.3, -0.25) is 0 Å². The zero-order chi connectivity index (χ0) is 22.5. The highest BCUT2D eigenvalue weighted by Crippen LogP contribution is 2.26. The standard InChI is InChI=1S/C23H23N3O6/c1-30-17-6-7-18-19(15-17)31-23(24-18)16-10-13-25(14-11-16)12-4-2-3-5-22(29)32-26-20(27)8-9-21(26)28/h6-11,13-15,24H,2-5,12H2,1H3/p+1. The van der Waals surface area contributed by atoms with Crippen LogP contribution < -0.4 is 14.1 Å². The van der Waals surface area contributed by atoms with E-state index in [1.54, 1.807) is 7.11 Å². The minimum Gasteiger partial charge on any atom is -0.497 e. The lowest BCUT2D eigenvalue weighted by molar-refractivity contribution is -0.697. The third-order valence-corrected chi connectivity index (χ3v) is 5.02. The molecule has 1 aromatic carbocycles. The zero-order valence-electron chi connectivity index (χ0n) is 17.6. The Balaban J connectivity index is 1.23. The van der Waals surface area contributed by atoms with Crippen molar-refractivity contribution in [3.63, 3.8) is 0 Å². The van der Waals surface area contributed by atoms with Crippen molar-refractivity contribution in [2.45, 2.75) is 32.2 Å². The molecular formula is C23H24N3O6+. The Kier molecular flexibility index (Phi) is 6.25. The number of nitrogens with zero attached hydrogens (tertiary/aromatic N) is 3. The van der Waals surface area contributed by atoms with E-state index in [1.807, 2.05) is 42.7 Å². The molecular weight excluding hydrogens is 414 g/mol. The molecule has 4 rings (SSSR count). The highest BCUT2D eigenvalue weighted by atomic mass is 16.7. The smallest absolute Gasteiger partial charge is 0.333 e. The van der Waals surface area contributed by atoms with E-state index in [2.05, 4.69) is 9.55 Å². The first-order valence-electron chi connectivity index (χ1n) is 10.3. The molecule has 3 aromatic heterocycles. The Morgan fingerprint density at radius 2 is 1.81 bits per heavy atom. The summed E-state index contributed by atoms with van der Waals surface area (Å²) in [5, 5.41) is 18.9. The van der Waals surface area contributed by atoms with Gasteiger partial charge in [-0.05, 0) is 25.0 Å². The van der Waals surface area contributed by atoms with E-state index < -0.39 is 5.97 Å². The Bertz CT molecular complexity index is 1190. The number of oxazole rings is 1. The average Bonchev–Trinajstić information content (AvgIpc) is 3.37. The van der Waals surface area contributed by atoms with Crippen LogP contribution in [0.2, 0.25) is 0 Å². The summed E-state index contributed by atoms with van der Waals surface area (Å²) in [6.07, 6.45) is 6.50. The molecule has 166 valence electrons. The molecule has 0 atom stereocenters. The van der Waals surface area contributed by atoms with Gasteiger partial charge in [0.25, 0.3) is 0 Å². The van der Waals surface area contributed by atoms with Gasteiger partial charge < -0.3 is 24.2 Å². The maximum Gasteiger partial charge on any atom is 0.333 e. The molecule has 0 spiro atoms. The number of carbonyl (C=O) groups is 1. The number of methoxy groups -OCH3 is 1. The number of benzene rings is 1. The fraction of sp³-hybridized carbons (Fsp3) is 0.261. The topological polar surface area (TPSA) is 111 Å². The summed E-state index contributed by atoms with van der Waals surface area (Å²) in [7, 11) is 1.61. The molecule has 0 aliphatic rings. The summed E-state index contributed by atoms with van der Waals surface area (Å²) in [4.78, 5) is 21.3. The Morgan fingerprint density at radius 1 is 1.06 bits per heavy atom. The van der Waals surface area contributed by atoms with E-state index in [9.17, 15) is 15.0 Å². The molecule has 9 nitrogen and oxygen atoms in total. The molecule has 0 bridgehead atoms. The van der Waals surface area contributed by atoms with Crippen molar-refractivity contribution in [1.29, 1.82) is 0 Å². The van der Waals surface area contributed by atoms with Crippen LogP contribution in [0.25, 0.3) is 22.6 Å². The monoisotopic (exact) mass is 438 g/mol. The Hall–Kier alpha value is -4.01. The van der Waals surface area contributed by atoms with Gasteiger partial charge in [-0.25, -0.2) is 14.3 Å². The van der Waals surface area contributed by atoms with Gasteiger partial charge in [0.05, 0.1) is 7.11 Å². The van der Waals surface area contributed by atoms with Crippen molar-refractivity contribution >= 4 is 17.1 Å². The lowest BCUT2D eigenvalue weighted by Crippen LogP contribution is -2.32. The largest absolute Gasteiger partial charge is 0.497 e. The predicted molar refractivity (Wildman–Crippen MR) is 114 cm³/mol. The molecule has 0 unspecified atom stereocenters. The molecule has 0 aliphatic carbocycles. The van der Waals surface area contributed by atoms with Gasteiger partial charge >= 0.3 is 5.97 Å². The number of rotatable bonds is 9. The lowest BCUT2D eigenvalue weighted by Gasteiger charge is -2.06. The number of pyridine rings is 1. The maximum atomic E-state index is 11.8. The number of aromatic hydroxyl groups is 2. The van der Waals surface area contributed by atoms with E-state index in [-0.39, 0.29) is 18.2 Å². The average molecular weight is 438 g/mol. The first kappa shape index (κ1) is 21.2. The van der Waals surface area contributed by atoms with Crippen molar-refractivity contribution in [3.05, 3.63) is 54.9 Å². The van der Waals surface area contributed by atoms with Crippen molar-refractivity contribution in [3.8, 4) is 29.0 Å². The summed E-state index contributed by atoms with van der Waals surface area (Å²) >= 11 is 0. The van der Waals surface area contributed by atoms with E-state index >= 15 is 0 Å². The first-order valence-corrected chi connectivity index (χ1v) is 10.3. The number of unbranched alkanes of at least 4 members (excludes halogenated alkanes) is 2. The number of aryl methyl sites for hydroxylation is 1.